The van der Waals surface area contributed by atoms with Crippen molar-refractivity contribution in [3.05, 3.63) is 70.3 Å². The van der Waals surface area contributed by atoms with E-state index >= 15 is 0 Å². The molecule has 7 heteroatoms. The third kappa shape index (κ3) is 5.02. The maximum Gasteiger partial charge on any atom is 0.269 e. The van der Waals surface area contributed by atoms with Crippen molar-refractivity contribution < 1.29 is 9.72 Å². The highest BCUT2D eigenvalue weighted by Crippen LogP contribution is 2.16. The number of nitrogens with one attached hydrogen (secondary N) is 1. The maximum atomic E-state index is 11.6. The summed E-state index contributed by atoms with van der Waals surface area (Å²) in [4.78, 5) is 22.7. The smallest absolute Gasteiger partial charge is 0.269 e. The fourth-order valence-electron chi connectivity index (χ4n) is 1.56. The number of carbonyl (C=O) groups excluding carboxylic acids is 1. The number of carbonyl (C=O) groups is 1. The van der Waals surface area contributed by atoms with E-state index in [-0.39, 0.29) is 17.3 Å². The zero-order valence-corrected chi connectivity index (χ0v) is 12.3. The molecule has 0 aliphatic rings. The van der Waals surface area contributed by atoms with Crippen molar-refractivity contribution in [1.82, 2.24) is 5.43 Å². The minimum absolute atomic E-state index is 0.0143. The fraction of sp³-hybridized carbons (Fsp3) is 0.0667. The average Bonchev–Trinajstić information content (AvgIpc) is 2.54. The van der Waals surface area contributed by atoms with Gasteiger partial charge in [0.05, 0.1) is 16.9 Å². The molecule has 2 rings (SSSR count). The lowest BCUT2D eigenvalue weighted by Crippen LogP contribution is -2.19. The second-order valence-corrected chi connectivity index (χ2v) is 5.29. The predicted octanol–water partition coefficient (Wildman–Crippen LogP) is 2.84. The van der Waals surface area contributed by atoms with E-state index in [0.717, 1.165) is 4.90 Å². The van der Waals surface area contributed by atoms with E-state index in [1.165, 1.54) is 30.1 Å². The SMILES string of the molecule is O=C(CSc1ccccc1)N/N=C\c1ccc([N+](=O)[O-])cc1. The van der Waals surface area contributed by atoms with Gasteiger partial charge in [0, 0.05) is 17.0 Å². The zero-order valence-electron chi connectivity index (χ0n) is 11.5. The molecule has 1 amide bonds. The van der Waals surface area contributed by atoms with Gasteiger partial charge in [-0.05, 0) is 29.8 Å². The van der Waals surface area contributed by atoms with E-state index in [2.05, 4.69) is 10.5 Å². The minimum Gasteiger partial charge on any atom is -0.272 e. The largest absolute Gasteiger partial charge is 0.272 e. The first kappa shape index (κ1) is 15.7. The van der Waals surface area contributed by atoms with E-state index in [0.29, 0.717) is 5.56 Å². The second kappa shape index (κ2) is 7.94. The van der Waals surface area contributed by atoms with E-state index in [9.17, 15) is 14.9 Å². The number of nitro benzene ring substituents is 1. The summed E-state index contributed by atoms with van der Waals surface area (Å²) in [6, 6.07) is 15.5. The van der Waals surface area contributed by atoms with Gasteiger partial charge >= 0.3 is 0 Å². The van der Waals surface area contributed by atoms with Crippen molar-refractivity contribution >= 4 is 29.6 Å². The van der Waals surface area contributed by atoms with Crippen LogP contribution in [0.1, 0.15) is 5.56 Å². The summed E-state index contributed by atoms with van der Waals surface area (Å²) >= 11 is 1.42. The molecule has 0 aromatic heterocycles. The Balaban J connectivity index is 1.79. The van der Waals surface area contributed by atoms with Crippen LogP contribution in [0.4, 0.5) is 5.69 Å². The molecule has 112 valence electrons. The van der Waals surface area contributed by atoms with Gasteiger partial charge in [0.25, 0.3) is 5.69 Å². The first-order valence-electron chi connectivity index (χ1n) is 6.39. The summed E-state index contributed by atoms with van der Waals surface area (Å²) in [5.74, 6) is 0.0498. The summed E-state index contributed by atoms with van der Waals surface area (Å²) in [7, 11) is 0. The Hall–Kier alpha value is -2.67. The predicted molar refractivity (Wildman–Crippen MR) is 86.0 cm³/mol. The fourth-order valence-corrected chi connectivity index (χ4v) is 2.27. The first-order valence-corrected chi connectivity index (χ1v) is 7.38. The van der Waals surface area contributed by atoms with Gasteiger partial charge in [-0.2, -0.15) is 5.10 Å². The molecule has 0 bridgehead atoms. The molecule has 0 spiro atoms. The van der Waals surface area contributed by atoms with Crippen LogP contribution in [-0.4, -0.2) is 22.8 Å². The van der Waals surface area contributed by atoms with Gasteiger partial charge in [-0.25, -0.2) is 5.43 Å². The van der Waals surface area contributed by atoms with Crippen molar-refractivity contribution in [2.45, 2.75) is 4.90 Å². The molecule has 0 radical (unpaired) electrons. The molecule has 0 unspecified atom stereocenters. The van der Waals surface area contributed by atoms with Gasteiger partial charge in [0.1, 0.15) is 0 Å². The Kier molecular flexibility index (Phi) is 5.67. The monoisotopic (exact) mass is 315 g/mol. The molecule has 22 heavy (non-hydrogen) atoms. The molecule has 0 atom stereocenters. The van der Waals surface area contributed by atoms with Crippen LogP contribution in [0.15, 0.2) is 64.6 Å². The lowest BCUT2D eigenvalue weighted by Gasteiger charge is -2.00. The first-order chi connectivity index (χ1) is 10.6. The molecule has 0 saturated heterocycles. The molecular formula is C15H13N3O3S. The van der Waals surface area contributed by atoms with Gasteiger partial charge in [-0.1, -0.05) is 18.2 Å². The molecule has 2 aromatic rings. The lowest BCUT2D eigenvalue weighted by molar-refractivity contribution is -0.384. The molecule has 0 aliphatic heterocycles. The van der Waals surface area contributed by atoms with Crippen LogP contribution in [0.3, 0.4) is 0 Å². The molecule has 0 saturated carbocycles. The molecule has 6 nitrogen and oxygen atoms in total. The highest BCUT2D eigenvalue weighted by atomic mass is 32.2. The van der Waals surface area contributed by atoms with Gasteiger partial charge in [0.15, 0.2) is 0 Å². The van der Waals surface area contributed by atoms with E-state index < -0.39 is 4.92 Å². The van der Waals surface area contributed by atoms with Crippen LogP contribution >= 0.6 is 11.8 Å². The van der Waals surface area contributed by atoms with E-state index in [4.69, 9.17) is 0 Å². The number of thioether (sulfide) groups is 1. The normalized spacial score (nSPS) is 10.5. The van der Waals surface area contributed by atoms with Crippen LogP contribution in [-0.2, 0) is 4.79 Å². The summed E-state index contributed by atoms with van der Waals surface area (Å²) in [5.41, 5.74) is 3.10. The molecule has 0 aliphatic carbocycles. The Morgan fingerprint density at radius 2 is 1.86 bits per heavy atom. The quantitative estimate of drug-likeness (QED) is 0.384. The Morgan fingerprint density at radius 1 is 1.18 bits per heavy atom. The zero-order chi connectivity index (χ0) is 15.8. The van der Waals surface area contributed by atoms with Crippen LogP contribution in [0.25, 0.3) is 0 Å². The van der Waals surface area contributed by atoms with Gasteiger partial charge in [-0.3, -0.25) is 14.9 Å². The summed E-state index contributed by atoms with van der Waals surface area (Å²) in [5, 5.41) is 14.3. The number of rotatable bonds is 6. The average molecular weight is 315 g/mol. The Morgan fingerprint density at radius 3 is 2.50 bits per heavy atom. The molecule has 2 aromatic carbocycles. The third-order valence-corrected chi connectivity index (χ3v) is 3.63. The van der Waals surface area contributed by atoms with Gasteiger partial charge < -0.3 is 0 Å². The Bertz CT molecular complexity index is 672. The molecular weight excluding hydrogens is 302 g/mol. The number of non-ortho nitro benzene ring substituents is 1. The Labute approximate surface area is 131 Å². The lowest BCUT2D eigenvalue weighted by atomic mass is 10.2. The minimum atomic E-state index is -0.469. The van der Waals surface area contributed by atoms with Crippen LogP contribution in [0, 0.1) is 10.1 Å². The topological polar surface area (TPSA) is 84.6 Å². The standard InChI is InChI=1S/C15H13N3O3S/c19-15(11-22-14-4-2-1-3-5-14)17-16-10-12-6-8-13(9-7-12)18(20)21/h1-10H,11H2,(H,17,19)/b16-10-. The molecule has 0 fully saturated rings. The number of nitro groups is 1. The highest BCUT2D eigenvalue weighted by molar-refractivity contribution is 8.00. The van der Waals surface area contributed by atoms with Crippen molar-refractivity contribution in [1.29, 1.82) is 0 Å². The number of benzene rings is 2. The van der Waals surface area contributed by atoms with Crippen LogP contribution in [0.2, 0.25) is 0 Å². The van der Waals surface area contributed by atoms with E-state index in [1.807, 2.05) is 30.3 Å². The maximum absolute atomic E-state index is 11.6. The summed E-state index contributed by atoms with van der Waals surface area (Å²) < 4.78 is 0. The van der Waals surface area contributed by atoms with Crippen LogP contribution < -0.4 is 5.43 Å². The van der Waals surface area contributed by atoms with Crippen LogP contribution in [0.5, 0.6) is 0 Å². The van der Waals surface area contributed by atoms with Crippen molar-refractivity contribution in [2.75, 3.05) is 5.75 Å². The summed E-state index contributed by atoms with van der Waals surface area (Å²) in [6.45, 7) is 0. The number of hydrogen-bond donors (Lipinski definition) is 1. The van der Waals surface area contributed by atoms with Crippen molar-refractivity contribution in [3.63, 3.8) is 0 Å². The highest BCUT2D eigenvalue weighted by Gasteiger charge is 2.03. The second-order valence-electron chi connectivity index (χ2n) is 4.24. The van der Waals surface area contributed by atoms with Gasteiger partial charge in [0.2, 0.25) is 5.91 Å². The van der Waals surface area contributed by atoms with Crippen molar-refractivity contribution in [3.8, 4) is 0 Å². The van der Waals surface area contributed by atoms with Crippen molar-refractivity contribution in [2.24, 2.45) is 5.10 Å². The summed E-state index contributed by atoms with van der Waals surface area (Å²) in [6.07, 6.45) is 1.44. The number of amides is 1. The van der Waals surface area contributed by atoms with Gasteiger partial charge in [-0.15, -0.1) is 11.8 Å². The number of hydrogen-bond acceptors (Lipinski definition) is 5. The number of hydrazone groups is 1. The van der Waals surface area contributed by atoms with E-state index in [1.54, 1.807) is 12.1 Å². The third-order valence-electron chi connectivity index (χ3n) is 2.62. The molecule has 1 N–H and O–H groups in total. The number of nitrogens with zero attached hydrogens (tertiary/aromatic N) is 2. The molecule has 0 heterocycles.